The van der Waals surface area contributed by atoms with Crippen molar-refractivity contribution in [3.63, 3.8) is 0 Å². The summed E-state index contributed by atoms with van der Waals surface area (Å²) in [6, 6.07) is 0. The molecule has 2 aromatic rings. The summed E-state index contributed by atoms with van der Waals surface area (Å²) in [6.45, 7) is 9.58. The average Bonchev–Trinajstić information content (AvgIpc) is 3.52. The fraction of sp³-hybridized carbons (Fsp3) is 0.529. The Bertz CT molecular complexity index is 1690. The Balaban J connectivity index is 1.81. The summed E-state index contributed by atoms with van der Waals surface area (Å²) in [5.74, 6) is -12.1. The largest absolute Gasteiger partial charge is 0.457 e. The second-order valence-corrected chi connectivity index (χ2v) is 14.0. The van der Waals surface area contributed by atoms with Gasteiger partial charge in [0.05, 0.1) is 29.7 Å². The summed E-state index contributed by atoms with van der Waals surface area (Å²) < 4.78 is 67.5. The third-order valence-corrected chi connectivity index (χ3v) is 9.73. The highest BCUT2D eigenvalue weighted by molar-refractivity contribution is 7.09. The van der Waals surface area contributed by atoms with Gasteiger partial charge in [0.1, 0.15) is 34.8 Å². The SMILES string of the molecule is C/C1=C/C[C@@H](/C(C)=C/c2csc(COC(=O)c3c(F)c(F)c(N=[N+]=[N-])c(F)c3F)n2)OC(=O)C[C@H](O)C(C)(C)C(=O)C(C)[C@@H](O)[C@@H](C)CCC1. The fourth-order valence-electron chi connectivity index (χ4n) is 5.54. The van der Waals surface area contributed by atoms with Crippen LogP contribution in [0.15, 0.2) is 27.7 Å². The molecule has 272 valence electrons. The number of carbonyl (C=O) groups is 3. The molecule has 0 radical (unpaired) electrons. The van der Waals surface area contributed by atoms with Crippen molar-refractivity contribution in [1.29, 1.82) is 0 Å². The van der Waals surface area contributed by atoms with Crippen molar-refractivity contribution in [1.82, 2.24) is 4.98 Å². The zero-order valence-electron chi connectivity index (χ0n) is 28.5. The summed E-state index contributed by atoms with van der Waals surface area (Å²) in [5.41, 5.74) is 5.75. The lowest BCUT2D eigenvalue weighted by atomic mass is 9.73. The van der Waals surface area contributed by atoms with Crippen LogP contribution in [0.3, 0.4) is 0 Å². The lowest BCUT2D eigenvalue weighted by molar-refractivity contribution is -0.154. The topological polar surface area (TPSA) is 172 Å². The number of nitrogens with zero attached hydrogens (tertiary/aromatic N) is 4. The van der Waals surface area contributed by atoms with Crippen molar-refractivity contribution in [2.24, 2.45) is 22.4 Å². The van der Waals surface area contributed by atoms with Crippen LogP contribution in [0.5, 0.6) is 0 Å². The van der Waals surface area contributed by atoms with Gasteiger partial charge in [-0.2, -0.15) is 0 Å². The maximum Gasteiger partial charge on any atom is 0.344 e. The van der Waals surface area contributed by atoms with Gasteiger partial charge in [-0.05, 0) is 56.2 Å². The first-order valence-electron chi connectivity index (χ1n) is 15.9. The third kappa shape index (κ3) is 9.56. The van der Waals surface area contributed by atoms with E-state index in [1.807, 2.05) is 19.9 Å². The molecule has 50 heavy (non-hydrogen) atoms. The van der Waals surface area contributed by atoms with Gasteiger partial charge in [-0.1, -0.05) is 44.5 Å². The van der Waals surface area contributed by atoms with Gasteiger partial charge < -0.3 is 19.7 Å². The monoisotopic (exact) mass is 724 g/mol. The summed E-state index contributed by atoms with van der Waals surface area (Å²) in [6.07, 6.45) is 2.41. The molecule has 0 saturated carbocycles. The number of aromatic nitrogens is 1. The smallest absolute Gasteiger partial charge is 0.344 e. The minimum Gasteiger partial charge on any atom is -0.457 e. The first-order chi connectivity index (χ1) is 23.4. The molecule has 1 unspecified atom stereocenters. The Morgan fingerprint density at radius 3 is 2.44 bits per heavy atom. The number of azide groups is 1. The molecule has 0 amide bonds. The molecule has 0 bridgehead atoms. The number of aliphatic hydroxyl groups is 2. The van der Waals surface area contributed by atoms with Crippen molar-refractivity contribution in [2.75, 3.05) is 0 Å². The van der Waals surface area contributed by atoms with E-state index in [0.29, 0.717) is 24.1 Å². The van der Waals surface area contributed by atoms with Crippen LogP contribution in [0.25, 0.3) is 16.5 Å². The molecule has 0 fully saturated rings. The quantitative estimate of drug-likeness (QED) is 0.0578. The normalized spacial score (nSPS) is 25.2. The Morgan fingerprint density at radius 2 is 1.82 bits per heavy atom. The highest BCUT2D eigenvalue weighted by Crippen LogP contribution is 2.33. The summed E-state index contributed by atoms with van der Waals surface area (Å²) >= 11 is 1.00. The minimum absolute atomic E-state index is 0.152. The Hall–Kier alpha value is -4.11. The molecule has 5 atom stereocenters. The lowest BCUT2D eigenvalue weighted by Gasteiger charge is -2.34. The molecule has 11 nitrogen and oxygen atoms in total. The maximum atomic E-state index is 14.4. The number of halogens is 4. The summed E-state index contributed by atoms with van der Waals surface area (Å²) in [7, 11) is 0. The molecule has 1 aromatic heterocycles. The van der Waals surface area contributed by atoms with Crippen LogP contribution >= 0.6 is 11.3 Å². The van der Waals surface area contributed by atoms with E-state index >= 15 is 0 Å². The van der Waals surface area contributed by atoms with Gasteiger partial charge in [-0.15, -0.1) is 11.3 Å². The number of thiazole rings is 1. The van der Waals surface area contributed by atoms with E-state index < -0.39 is 89.1 Å². The van der Waals surface area contributed by atoms with Crippen molar-refractivity contribution >= 4 is 40.8 Å². The number of Topliss-reactive ketones (excluding diaryl/α,β-unsaturated/α-hetero) is 1. The second-order valence-electron chi connectivity index (χ2n) is 13.0. The number of ether oxygens (including phenoxy) is 2. The molecule has 1 aliphatic rings. The first-order valence-corrected chi connectivity index (χ1v) is 16.7. The molecule has 0 aliphatic carbocycles. The predicted molar refractivity (Wildman–Crippen MR) is 176 cm³/mol. The Morgan fingerprint density at radius 1 is 1.18 bits per heavy atom. The number of hydrogen-bond donors (Lipinski definition) is 2. The number of ketones is 1. The van der Waals surface area contributed by atoms with E-state index in [1.54, 1.807) is 25.3 Å². The first kappa shape index (κ1) is 40.3. The van der Waals surface area contributed by atoms with Crippen molar-refractivity contribution in [2.45, 2.75) is 98.6 Å². The van der Waals surface area contributed by atoms with Crippen LogP contribution in [0, 0.1) is 40.5 Å². The molecular weight excluding hydrogens is 684 g/mol. The molecule has 1 aromatic carbocycles. The van der Waals surface area contributed by atoms with Gasteiger partial charge in [0.25, 0.3) is 0 Å². The van der Waals surface area contributed by atoms with Gasteiger partial charge in [-0.3, -0.25) is 9.59 Å². The van der Waals surface area contributed by atoms with Gasteiger partial charge in [0.15, 0.2) is 23.3 Å². The van der Waals surface area contributed by atoms with E-state index in [1.165, 1.54) is 13.8 Å². The molecule has 2 N–H and O–H groups in total. The van der Waals surface area contributed by atoms with Crippen molar-refractivity contribution in [3.8, 4) is 0 Å². The summed E-state index contributed by atoms with van der Waals surface area (Å²) in [4.78, 5) is 45.1. The molecule has 0 saturated heterocycles. The van der Waals surface area contributed by atoms with E-state index in [-0.39, 0.29) is 23.1 Å². The van der Waals surface area contributed by atoms with E-state index in [2.05, 4.69) is 15.0 Å². The molecule has 3 rings (SSSR count). The van der Waals surface area contributed by atoms with Gasteiger partial charge in [-0.25, -0.2) is 27.3 Å². The number of allylic oxidation sites excluding steroid dienone is 1. The minimum atomic E-state index is -2.09. The maximum absolute atomic E-state index is 14.4. The van der Waals surface area contributed by atoms with Crippen LogP contribution in [-0.4, -0.2) is 51.2 Å². The number of rotatable bonds is 6. The van der Waals surface area contributed by atoms with E-state index in [9.17, 15) is 42.2 Å². The Kier molecular flexibility index (Phi) is 13.9. The van der Waals surface area contributed by atoms with Crippen molar-refractivity contribution in [3.05, 3.63) is 72.6 Å². The zero-order chi connectivity index (χ0) is 37.5. The highest BCUT2D eigenvalue weighted by atomic mass is 32.1. The number of hydrogen-bond acceptors (Lipinski definition) is 10. The molecule has 2 heterocycles. The van der Waals surface area contributed by atoms with Gasteiger partial charge in [0.2, 0.25) is 0 Å². The number of benzene rings is 1. The zero-order valence-corrected chi connectivity index (χ0v) is 29.3. The van der Waals surface area contributed by atoms with Gasteiger partial charge in [0, 0.05) is 22.6 Å². The molecule has 0 spiro atoms. The van der Waals surface area contributed by atoms with Crippen molar-refractivity contribution < 1.29 is 51.6 Å². The summed E-state index contributed by atoms with van der Waals surface area (Å²) in [5, 5.41) is 26.1. The number of cyclic esters (lactones) is 1. The second kappa shape index (κ2) is 17.2. The van der Waals surface area contributed by atoms with Crippen LogP contribution in [0.2, 0.25) is 0 Å². The molecular formula is C34H40F4N4O7S. The van der Waals surface area contributed by atoms with Crippen LogP contribution in [0.1, 0.15) is 94.7 Å². The number of esters is 2. The number of carbonyl (C=O) groups excluding carboxylic acids is 3. The average molecular weight is 725 g/mol. The van der Waals surface area contributed by atoms with Crippen LogP contribution in [-0.2, 0) is 25.7 Å². The lowest BCUT2D eigenvalue weighted by Crippen LogP contribution is -2.45. The standard InChI is InChI=1S/C34H40F4N4O7S/c1-16-8-7-9-17(2)31(45)19(4)32(46)34(5,6)22(43)13-24(44)49-21(11-10-16)18(3)12-20-15-50-23(40-20)14-48-33(47)25-26(35)28(37)30(41-42-39)29(38)27(25)36/h10,12,15,17,19,21-22,31,43,45H,7-9,11,13-14H2,1-6H3/b16-10-,18-12+/t17-,19?,21-,22-,31-/m0/s1. The van der Waals surface area contributed by atoms with E-state index in [0.717, 1.165) is 23.3 Å². The third-order valence-electron chi connectivity index (χ3n) is 8.89. The van der Waals surface area contributed by atoms with Crippen LogP contribution in [0.4, 0.5) is 23.2 Å². The van der Waals surface area contributed by atoms with Gasteiger partial charge >= 0.3 is 11.9 Å². The van der Waals surface area contributed by atoms with E-state index in [4.69, 9.17) is 15.0 Å². The fourth-order valence-corrected chi connectivity index (χ4v) is 6.21. The van der Waals surface area contributed by atoms with Crippen LogP contribution < -0.4 is 0 Å². The molecule has 1 aliphatic heterocycles. The Labute approximate surface area is 290 Å². The molecule has 16 heteroatoms. The predicted octanol–water partition coefficient (Wildman–Crippen LogP) is 7.81. The number of aliphatic hydroxyl groups excluding tert-OH is 2. The highest BCUT2D eigenvalue weighted by Gasteiger charge is 2.42.